The molecule has 1 aliphatic rings. The third-order valence-electron chi connectivity index (χ3n) is 4.80. The number of rotatable bonds is 7. The zero-order chi connectivity index (χ0) is 18.4. The van der Waals surface area contributed by atoms with Gasteiger partial charge in [-0.3, -0.25) is 0 Å². The summed E-state index contributed by atoms with van der Waals surface area (Å²) < 4.78 is 6.05. The molecule has 3 rings (SSSR count). The summed E-state index contributed by atoms with van der Waals surface area (Å²) in [4.78, 5) is 0. The lowest BCUT2D eigenvalue weighted by molar-refractivity contribution is 0.301. The van der Waals surface area contributed by atoms with Crippen molar-refractivity contribution in [2.24, 2.45) is 5.92 Å². The van der Waals surface area contributed by atoms with E-state index in [4.69, 9.17) is 27.9 Å². The average molecular weight is 393 g/mol. The van der Waals surface area contributed by atoms with E-state index in [1.165, 1.54) is 18.4 Å². The van der Waals surface area contributed by atoms with Crippen molar-refractivity contribution in [1.82, 2.24) is 10.6 Å². The number of benzene rings is 2. The van der Waals surface area contributed by atoms with Crippen LogP contribution >= 0.6 is 23.2 Å². The van der Waals surface area contributed by atoms with Gasteiger partial charge in [0, 0.05) is 17.1 Å². The van der Waals surface area contributed by atoms with Crippen LogP contribution in [0.1, 0.15) is 29.5 Å². The molecule has 1 heterocycles. The maximum absolute atomic E-state index is 6.41. The highest BCUT2D eigenvalue weighted by molar-refractivity contribution is 6.35. The largest absolute Gasteiger partial charge is 0.487 e. The average Bonchev–Trinajstić information content (AvgIpc) is 2.63. The molecular formula is C21H26Cl2N2O. The van der Waals surface area contributed by atoms with Gasteiger partial charge in [0.05, 0.1) is 5.02 Å². The van der Waals surface area contributed by atoms with Gasteiger partial charge < -0.3 is 15.4 Å². The van der Waals surface area contributed by atoms with Gasteiger partial charge >= 0.3 is 0 Å². The van der Waals surface area contributed by atoms with Crippen molar-refractivity contribution in [3.05, 3.63) is 63.1 Å². The molecule has 0 bridgehead atoms. The van der Waals surface area contributed by atoms with Gasteiger partial charge in [0.15, 0.2) is 0 Å². The summed E-state index contributed by atoms with van der Waals surface area (Å²) in [6.07, 6.45) is 2.44. The Bertz CT molecular complexity index is 713. The van der Waals surface area contributed by atoms with E-state index in [0.29, 0.717) is 23.2 Å². The second kappa shape index (κ2) is 9.61. The summed E-state index contributed by atoms with van der Waals surface area (Å²) >= 11 is 12.6. The molecule has 3 nitrogen and oxygen atoms in total. The van der Waals surface area contributed by atoms with E-state index in [0.717, 1.165) is 42.4 Å². The molecule has 0 aliphatic carbocycles. The summed E-state index contributed by atoms with van der Waals surface area (Å²) in [6, 6.07) is 12.0. The SMILES string of the molecule is Cc1ccc(COc2c(Cl)cc(Cl)cc2CNCC2CCNCC2)cc1. The van der Waals surface area contributed by atoms with Crippen LogP contribution in [0.15, 0.2) is 36.4 Å². The second-order valence-corrected chi connectivity index (χ2v) is 7.82. The molecule has 0 amide bonds. The summed E-state index contributed by atoms with van der Waals surface area (Å²) in [5.41, 5.74) is 3.36. The van der Waals surface area contributed by atoms with Crippen molar-refractivity contribution in [2.45, 2.75) is 32.9 Å². The van der Waals surface area contributed by atoms with E-state index in [2.05, 4.69) is 41.8 Å². The first-order valence-corrected chi connectivity index (χ1v) is 9.95. The monoisotopic (exact) mass is 392 g/mol. The van der Waals surface area contributed by atoms with Crippen molar-refractivity contribution in [2.75, 3.05) is 19.6 Å². The highest BCUT2D eigenvalue weighted by Crippen LogP contribution is 2.33. The Labute approximate surface area is 166 Å². The number of ether oxygens (including phenoxy) is 1. The zero-order valence-corrected chi connectivity index (χ0v) is 16.7. The fourth-order valence-electron chi connectivity index (χ4n) is 3.24. The quantitative estimate of drug-likeness (QED) is 0.697. The van der Waals surface area contributed by atoms with Gasteiger partial charge in [0.1, 0.15) is 12.4 Å². The van der Waals surface area contributed by atoms with E-state index in [-0.39, 0.29) is 0 Å². The predicted octanol–water partition coefficient (Wildman–Crippen LogP) is 4.97. The van der Waals surface area contributed by atoms with Crippen molar-refractivity contribution in [1.29, 1.82) is 0 Å². The van der Waals surface area contributed by atoms with Crippen molar-refractivity contribution in [3.8, 4) is 5.75 Å². The smallest absolute Gasteiger partial charge is 0.142 e. The molecule has 140 valence electrons. The molecule has 1 aliphatic heterocycles. The first-order chi connectivity index (χ1) is 12.6. The Hall–Kier alpha value is -1.26. The molecule has 2 aromatic rings. The maximum atomic E-state index is 6.41. The lowest BCUT2D eigenvalue weighted by atomic mass is 9.98. The van der Waals surface area contributed by atoms with Crippen molar-refractivity contribution < 1.29 is 4.74 Å². The molecule has 2 N–H and O–H groups in total. The highest BCUT2D eigenvalue weighted by atomic mass is 35.5. The van der Waals surface area contributed by atoms with E-state index in [1.807, 2.05) is 6.07 Å². The lowest BCUT2D eigenvalue weighted by Gasteiger charge is -2.23. The Kier molecular flexibility index (Phi) is 7.21. The first kappa shape index (κ1) is 19.5. The van der Waals surface area contributed by atoms with Gasteiger partial charge in [-0.05, 0) is 63.0 Å². The minimum absolute atomic E-state index is 0.489. The number of halogens is 2. The highest BCUT2D eigenvalue weighted by Gasteiger charge is 2.14. The van der Waals surface area contributed by atoms with E-state index in [1.54, 1.807) is 6.07 Å². The molecule has 1 fully saturated rings. The summed E-state index contributed by atoms with van der Waals surface area (Å²) in [5.74, 6) is 1.44. The third-order valence-corrected chi connectivity index (χ3v) is 5.30. The minimum Gasteiger partial charge on any atom is -0.487 e. The molecular weight excluding hydrogens is 367 g/mol. The fraction of sp³-hybridized carbons (Fsp3) is 0.429. The van der Waals surface area contributed by atoms with Crippen molar-refractivity contribution in [3.63, 3.8) is 0 Å². The Balaban J connectivity index is 1.63. The molecule has 2 aromatic carbocycles. The zero-order valence-electron chi connectivity index (χ0n) is 15.2. The number of hydrogen-bond acceptors (Lipinski definition) is 3. The topological polar surface area (TPSA) is 33.3 Å². The number of piperidine rings is 1. The number of nitrogens with one attached hydrogen (secondary N) is 2. The predicted molar refractivity (Wildman–Crippen MR) is 109 cm³/mol. The standard InChI is InChI=1S/C21H26Cl2N2O/c1-15-2-4-17(5-3-15)14-26-21-18(10-19(22)11-20(21)23)13-25-12-16-6-8-24-9-7-16/h2-5,10-11,16,24-25H,6-9,12-14H2,1H3. The van der Waals surface area contributed by atoms with Crippen LogP contribution in [-0.4, -0.2) is 19.6 Å². The molecule has 0 unspecified atom stereocenters. The van der Waals surface area contributed by atoms with Gasteiger partial charge in [-0.1, -0.05) is 53.0 Å². The first-order valence-electron chi connectivity index (χ1n) is 9.19. The van der Waals surface area contributed by atoms with Crippen LogP contribution in [-0.2, 0) is 13.2 Å². The molecule has 26 heavy (non-hydrogen) atoms. The van der Waals surface area contributed by atoms with Crippen LogP contribution in [0.3, 0.4) is 0 Å². The van der Waals surface area contributed by atoms with E-state index >= 15 is 0 Å². The fourth-order valence-corrected chi connectivity index (χ4v) is 3.83. The van der Waals surface area contributed by atoms with E-state index in [9.17, 15) is 0 Å². The normalized spacial score (nSPS) is 15.2. The third kappa shape index (κ3) is 5.62. The van der Waals surface area contributed by atoms with Crippen LogP contribution in [0, 0.1) is 12.8 Å². The summed E-state index contributed by atoms with van der Waals surface area (Å²) in [6.45, 7) is 6.49. The van der Waals surface area contributed by atoms with E-state index < -0.39 is 0 Å². The molecule has 0 spiro atoms. The van der Waals surface area contributed by atoms with Crippen molar-refractivity contribution >= 4 is 23.2 Å². The molecule has 0 aromatic heterocycles. The Morgan fingerprint density at radius 1 is 1.12 bits per heavy atom. The number of aryl methyl sites for hydroxylation is 1. The Morgan fingerprint density at radius 2 is 1.85 bits per heavy atom. The number of hydrogen-bond donors (Lipinski definition) is 2. The summed E-state index contributed by atoms with van der Waals surface area (Å²) in [7, 11) is 0. The minimum atomic E-state index is 0.489. The second-order valence-electron chi connectivity index (χ2n) is 6.97. The lowest BCUT2D eigenvalue weighted by Crippen LogP contribution is -2.33. The summed E-state index contributed by atoms with van der Waals surface area (Å²) in [5, 5.41) is 8.14. The molecule has 1 saturated heterocycles. The van der Waals surface area contributed by atoms with Gasteiger partial charge in [-0.2, -0.15) is 0 Å². The molecule has 0 saturated carbocycles. The Morgan fingerprint density at radius 3 is 2.58 bits per heavy atom. The van der Waals surface area contributed by atoms with Crippen LogP contribution in [0.4, 0.5) is 0 Å². The van der Waals surface area contributed by atoms with Crippen LogP contribution < -0.4 is 15.4 Å². The molecule has 5 heteroatoms. The van der Waals surface area contributed by atoms with Gasteiger partial charge in [0.2, 0.25) is 0 Å². The molecule has 0 atom stereocenters. The van der Waals surface area contributed by atoms with Crippen LogP contribution in [0.25, 0.3) is 0 Å². The van der Waals surface area contributed by atoms with Gasteiger partial charge in [-0.25, -0.2) is 0 Å². The maximum Gasteiger partial charge on any atom is 0.142 e. The van der Waals surface area contributed by atoms with Crippen LogP contribution in [0.5, 0.6) is 5.75 Å². The van der Waals surface area contributed by atoms with Crippen LogP contribution in [0.2, 0.25) is 10.0 Å². The van der Waals surface area contributed by atoms with Gasteiger partial charge in [0.25, 0.3) is 0 Å². The van der Waals surface area contributed by atoms with Gasteiger partial charge in [-0.15, -0.1) is 0 Å². The molecule has 0 radical (unpaired) electrons.